The number of likely N-dealkylation sites (tertiary alicyclic amines) is 1. The van der Waals surface area contributed by atoms with Crippen LogP contribution in [-0.4, -0.2) is 38.2 Å². The lowest BCUT2D eigenvalue weighted by Crippen LogP contribution is -2.44. The second-order valence-electron chi connectivity index (χ2n) is 5.20. The molecule has 1 aliphatic rings. The molecule has 0 amide bonds. The highest BCUT2D eigenvalue weighted by Crippen LogP contribution is 2.16. The van der Waals surface area contributed by atoms with Gasteiger partial charge in [0, 0.05) is 30.1 Å². The molecule has 1 aliphatic heterocycles. The number of hydrogen-bond donors (Lipinski definition) is 1. The Balaban J connectivity index is 1.81. The van der Waals surface area contributed by atoms with Gasteiger partial charge in [0.2, 0.25) is 10.0 Å². The number of rotatable bonds is 5. The largest absolute Gasteiger partial charge is 0.299 e. The SMILES string of the molecule is CCS(=O)(=O)NC1CCN(Cc2ccc(Br)cc2)CC1. The van der Waals surface area contributed by atoms with E-state index in [1.54, 1.807) is 6.92 Å². The molecule has 0 unspecified atom stereocenters. The van der Waals surface area contributed by atoms with Gasteiger partial charge in [-0.2, -0.15) is 0 Å². The normalized spacial score (nSPS) is 18.3. The molecule has 0 spiro atoms. The molecule has 1 aromatic carbocycles. The highest BCUT2D eigenvalue weighted by molar-refractivity contribution is 9.10. The molecule has 1 aromatic rings. The van der Waals surface area contributed by atoms with E-state index in [1.165, 1.54) is 5.56 Å². The van der Waals surface area contributed by atoms with Crippen molar-refractivity contribution in [1.29, 1.82) is 0 Å². The van der Waals surface area contributed by atoms with Crippen molar-refractivity contribution in [2.75, 3.05) is 18.8 Å². The molecule has 1 fully saturated rings. The topological polar surface area (TPSA) is 49.4 Å². The van der Waals surface area contributed by atoms with Crippen molar-refractivity contribution in [1.82, 2.24) is 9.62 Å². The summed E-state index contributed by atoms with van der Waals surface area (Å²) >= 11 is 3.43. The van der Waals surface area contributed by atoms with Gasteiger partial charge >= 0.3 is 0 Å². The van der Waals surface area contributed by atoms with E-state index >= 15 is 0 Å². The van der Waals surface area contributed by atoms with E-state index in [0.29, 0.717) is 0 Å². The fraction of sp³-hybridized carbons (Fsp3) is 0.571. The van der Waals surface area contributed by atoms with Crippen molar-refractivity contribution in [2.24, 2.45) is 0 Å². The van der Waals surface area contributed by atoms with Crippen molar-refractivity contribution in [3.8, 4) is 0 Å². The Hall–Kier alpha value is -0.430. The molecular formula is C14H21BrN2O2S. The summed E-state index contributed by atoms with van der Waals surface area (Å²) in [6.07, 6.45) is 1.77. The third-order valence-corrected chi connectivity index (χ3v) is 5.61. The summed E-state index contributed by atoms with van der Waals surface area (Å²) in [4.78, 5) is 2.37. The molecule has 4 nitrogen and oxygen atoms in total. The number of halogens is 1. The molecule has 6 heteroatoms. The molecule has 1 N–H and O–H groups in total. The first-order valence-corrected chi connectivity index (χ1v) is 9.40. The maximum atomic E-state index is 11.5. The van der Waals surface area contributed by atoms with Gasteiger partial charge in [-0.05, 0) is 37.5 Å². The van der Waals surface area contributed by atoms with Crippen LogP contribution >= 0.6 is 15.9 Å². The van der Waals surface area contributed by atoms with E-state index in [4.69, 9.17) is 0 Å². The van der Waals surface area contributed by atoms with Crippen LogP contribution in [0.3, 0.4) is 0 Å². The molecule has 0 aromatic heterocycles. The fourth-order valence-corrected chi connectivity index (χ4v) is 3.57. The Morgan fingerprint density at radius 3 is 2.40 bits per heavy atom. The predicted molar refractivity (Wildman–Crippen MR) is 85.0 cm³/mol. The predicted octanol–water partition coefficient (Wildman–Crippen LogP) is 2.35. The standard InChI is InChI=1S/C14H21BrN2O2S/c1-2-20(18,19)16-14-7-9-17(10-8-14)11-12-3-5-13(15)6-4-12/h3-6,14,16H,2,7-11H2,1H3. The molecule has 112 valence electrons. The summed E-state index contributed by atoms with van der Waals surface area (Å²) in [6.45, 7) is 4.48. The Labute approximate surface area is 129 Å². The molecular weight excluding hydrogens is 340 g/mol. The van der Waals surface area contributed by atoms with Gasteiger partial charge in [0.05, 0.1) is 5.75 Å². The van der Waals surface area contributed by atoms with Crippen LogP contribution in [0.4, 0.5) is 0 Å². The summed E-state index contributed by atoms with van der Waals surface area (Å²) < 4.78 is 27.0. The van der Waals surface area contributed by atoms with Crippen LogP contribution < -0.4 is 4.72 Å². The molecule has 1 heterocycles. The zero-order valence-corrected chi connectivity index (χ0v) is 14.1. The Morgan fingerprint density at radius 2 is 1.85 bits per heavy atom. The maximum absolute atomic E-state index is 11.5. The van der Waals surface area contributed by atoms with Gasteiger partial charge in [-0.1, -0.05) is 28.1 Å². The summed E-state index contributed by atoms with van der Waals surface area (Å²) in [5, 5.41) is 0. The molecule has 0 atom stereocenters. The van der Waals surface area contributed by atoms with Gasteiger partial charge in [-0.15, -0.1) is 0 Å². The van der Waals surface area contributed by atoms with Gasteiger partial charge in [0.1, 0.15) is 0 Å². The summed E-state index contributed by atoms with van der Waals surface area (Å²) in [5.41, 5.74) is 1.29. The van der Waals surface area contributed by atoms with Crippen LogP contribution in [0.25, 0.3) is 0 Å². The highest BCUT2D eigenvalue weighted by Gasteiger charge is 2.22. The zero-order valence-electron chi connectivity index (χ0n) is 11.7. The van der Waals surface area contributed by atoms with Gasteiger partial charge in [0.25, 0.3) is 0 Å². The van der Waals surface area contributed by atoms with E-state index in [0.717, 1.165) is 36.9 Å². The molecule has 0 saturated carbocycles. The quantitative estimate of drug-likeness (QED) is 0.876. The number of hydrogen-bond acceptors (Lipinski definition) is 3. The van der Waals surface area contributed by atoms with Crippen molar-refractivity contribution in [2.45, 2.75) is 32.4 Å². The number of nitrogens with zero attached hydrogens (tertiary/aromatic N) is 1. The molecule has 20 heavy (non-hydrogen) atoms. The second-order valence-corrected chi connectivity index (χ2v) is 8.16. The van der Waals surface area contributed by atoms with Crippen LogP contribution in [0.15, 0.2) is 28.7 Å². The third-order valence-electron chi connectivity index (χ3n) is 3.63. The van der Waals surface area contributed by atoms with Crippen molar-refractivity contribution >= 4 is 26.0 Å². The van der Waals surface area contributed by atoms with Crippen molar-refractivity contribution < 1.29 is 8.42 Å². The fourth-order valence-electron chi connectivity index (χ4n) is 2.39. The van der Waals surface area contributed by atoms with Gasteiger partial charge in [-0.25, -0.2) is 13.1 Å². The summed E-state index contributed by atoms with van der Waals surface area (Å²) in [6, 6.07) is 8.45. The lowest BCUT2D eigenvalue weighted by atomic mass is 10.1. The average molecular weight is 361 g/mol. The number of nitrogens with one attached hydrogen (secondary N) is 1. The first kappa shape index (κ1) is 15.9. The van der Waals surface area contributed by atoms with Gasteiger partial charge < -0.3 is 0 Å². The van der Waals surface area contributed by atoms with Crippen LogP contribution in [-0.2, 0) is 16.6 Å². The maximum Gasteiger partial charge on any atom is 0.211 e. The second kappa shape index (κ2) is 7.02. The zero-order chi connectivity index (χ0) is 14.6. The van der Waals surface area contributed by atoms with Crippen molar-refractivity contribution in [3.63, 3.8) is 0 Å². The monoisotopic (exact) mass is 360 g/mol. The number of piperidine rings is 1. The summed E-state index contributed by atoms with van der Waals surface area (Å²) in [7, 11) is -3.07. The molecule has 0 bridgehead atoms. The van der Waals surface area contributed by atoms with E-state index in [9.17, 15) is 8.42 Å². The van der Waals surface area contributed by atoms with E-state index in [2.05, 4.69) is 49.8 Å². The number of sulfonamides is 1. The lowest BCUT2D eigenvalue weighted by Gasteiger charge is -2.32. The van der Waals surface area contributed by atoms with Gasteiger partial charge in [-0.3, -0.25) is 4.90 Å². The van der Waals surface area contributed by atoms with Gasteiger partial charge in [0.15, 0.2) is 0 Å². The number of benzene rings is 1. The Kier molecular flexibility index (Phi) is 5.60. The molecule has 2 rings (SSSR count). The lowest BCUT2D eigenvalue weighted by molar-refractivity contribution is 0.200. The van der Waals surface area contributed by atoms with E-state index < -0.39 is 10.0 Å². The molecule has 1 saturated heterocycles. The third kappa shape index (κ3) is 4.84. The molecule has 0 radical (unpaired) electrons. The van der Waals surface area contributed by atoms with Crippen LogP contribution in [0.1, 0.15) is 25.3 Å². The Morgan fingerprint density at radius 1 is 1.25 bits per heavy atom. The highest BCUT2D eigenvalue weighted by atomic mass is 79.9. The average Bonchev–Trinajstić information content (AvgIpc) is 2.43. The first-order valence-electron chi connectivity index (χ1n) is 6.95. The first-order chi connectivity index (χ1) is 9.48. The Bertz CT molecular complexity index is 523. The van der Waals surface area contributed by atoms with Crippen molar-refractivity contribution in [3.05, 3.63) is 34.3 Å². The minimum Gasteiger partial charge on any atom is -0.299 e. The minimum absolute atomic E-state index is 0.0983. The smallest absolute Gasteiger partial charge is 0.211 e. The van der Waals surface area contributed by atoms with Crippen LogP contribution in [0.2, 0.25) is 0 Å². The van der Waals surface area contributed by atoms with E-state index in [1.807, 2.05) is 0 Å². The summed E-state index contributed by atoms with van der Waals surface area (Å²) in [5.74, 6) is 0.159. The minimum atomic E-state index is -3.07. The van der Waals surface area contributed by atoms with Crippen LogP contribution in [0, 0.1) is 0 Å². The van der Waals surface area contributed by atoms with Crippen LogP contribution in [0.5, 0.6) is 0 Å². The molecule has 0 aliphatic carbocycles. The van der Waals surface area contributed by atoms with E-state index in [-0.39, 0.29) is 11.8 Å².